The van der Waals surface area contributed by atoms with Crippen molar-refractivity contribution in [2.24, 2.45) is 0 Å². The lowest BCUT2D eigenvalue weighted by Crippen LogP contribution is -2.32. The summed E-state index contributed by atoms with van der Waals surface area (Å²) in [6, 6.07) is 33.6. The summed E-state index contributed by atoms with van der Waals surface area (Å²) in [4.78, 5) is 13.5. The molecule has 0 aromatic heterocycles. The van der Waals surface area contributed by atoms with E-state index in [9.17, 15) is 10.1 Å². The minimum atomic E-state index is -0.842. The average Bonchev–Trinajstić information content (AvgIpc) is 3.30. The summed E-state index contributed by atoms with van der Waals surface area (Å²) in [5, 5.41) is 15.6. The monoisotopic (exact) mass is 466 g/mol. The first-order chi connectivity index (χ1) is 16.7. The van der Waals surface area contributed by atoms with E-state index in [1.807, 2.05) is 18.2 Å². The molecular formula is C30H31N2OP. The second-order valence-electron chi connectivity index (χ2n) is 8.67. The number of hydrogen-bond acceptors (Lipinski definition) is 2. The highest BCUT2D eigenvalue weighted by atomic mass is 31.1. The van der Waals surface area contributed by atoms with Crippen molar-refractivity contribution in [1.29, 1.82) is 5.26 Å². The Labute approximate surface area is 204 Å². The van der Waals surface area contributed by atoms with Crippen LogP contribution in [0, 0.1) is 11.3 Å². The lowest BCUT2D eigenvalue weighted by atomic mass is 9.71. The molecule has 0 saturated carbocycles. The third-order valence-electron chi connectivity index (χ3n) is 6.63. The van der Waals surface area contributed by atoms with Gasteiger partial charge in [0.15, 0.2) is 0 Å². The van der Waals surface area contributed by atoms with Gasteiger partial charge in [-0.25, -0.2) is 0 Å². The SMILES string of the molecule is CCCCCNC(=O)/C(C#N)=C1/P(c2ccccc2)CCC1(c1ccccc1)c1ccccc1. The highest BCUT2D eigenvalue weighted by molar-refractivity contribution is 7.70. The Kier molecular flexibility index (Phi) is 7.94. The largest absolute Gasteiger partial charge is 0.351 e. The van der Waals surface area contributed by atoms with Gasteiger partial charge < -0.3 is 5.32 Å². The van der Waals surface area contributed by atoms with Crippen LogP contribution in [0.3, 0.4) is 0 Å². The number of hydrogen-bond donors (Lipinski definition) is 1. The minimum absolute atomic E-state index is 0.241. The van der Waals surface area contributed by atoms with Crippen LogP contribution < -0.4 is 10.6 Å². The molecule has 4 heteroatoms. The van der Waals surface area contributed by atoms with Crippen LogP contribution in [0.15, 0.2) is 102 Å². The number of amides is 1. The number of nitrogens with zero attached hydrogens (tertiary/aromatic N) is 1. The Morgan fingerprint density at radius 2 is 1.47 bits per heavy atom. The molecule has 34 heavy (non-hydrogen) atoms. The number of allylic oxidation sites excluding steroid dienone is 1. The number of carbonyl (C=O) groups is 1. The summed E-state index contributed by atoms with van der Waals surface area (Å²) in [6.07, 6.45) is 4.88. The zero-order valence-electron chi connectivity index (χ0n) is 19.7. The zero-order valence-corrected chi connectivity index (χ0v) is 20.6. The van der Waals surface area contributed by atoms with Crippen molar-refractivity contribution in [2.75, 3.05) is 12.7 Å². The molecular weight excluding hydrogens is 435 g/mol. The molecule has 3 aromatic carbocycles. The molecule has 1 heterocycles. The van der Waals surface area contributed by atoms with Crippen LogP contribution in [0.2, 0.25) is 0 Å². The van der Waals surface area contributed by atoms with Crippen molar-refractivity contribution in [3.05, 3.63) is 113 Å². The number of benzene rings is 3. The number of nitriles is 1. The molecule has 0 bridgehead atoms. The first kappa shape index (κ1) is 23.9. The van der Waals surface area contributed by atoms with E-state index in [2.05, 4.69) is 91.1 Å². The maximum absolute atomic E-state index is 13.5. The van der Waals surface area contributed by atoms with Crippen LogP contribution in [0.25, 0.3) is 0 Å². The van der Waals surface area contributed by atoms with Gasteiger partial charge in [0.1, 0.15) is 11.6 Å². The molecule has 0 spiro atoms. The minimum Gasteiger partial charge on any atom is -0.351 e. The molecule has 1 aliphatic rings. The Morgan fingerprint density at radius 3 is 2.00 bits per heavy atom. The van der Waals surface area contributed by atoms with Gasteiger partial charge in [-0.3, -0.25) is 4.79 Å². The fraction of sp³-hybridized carbons (Fsp3) is 0.267. The van der Waals surface area contributed by atoms with Crippen molar-refractivity contribution < 1.29 is 4.79 Å². The standard InChI is InChI=1S/C30H31N2OP/c1-2-3-13-21-32-29(33)27(23-31)28-30(24-14-7-4-8-15-24,25-16-9-5-10-17-25)20-22-34(28)26-18-11-6-12-19-26/h4-12,14-19H,2-3,13,20-22H2,1H3,(H,32,33)/b28-27+. The summed E-state index contributed by atoms with van der Waals surface area (Å²) in [5.74, 6) is -0.241. The molecule has 1 atom stereocenters. The molecule has 4 rings (SSSR count). The van der Waals surface area contributed by atoms with Crippen molar-refractivity contribution in [2.45, 2.75) is 38.0 Å². The predicted octanol–water partition coefficient (Wildman–Crippen LogP) is 6.27. The summed E-state index contributed by atoms with van der Waals surface area (Å²) in [7, 11) is -0.842. The van der Waals surface area contributed by atoms with Gasteiger partial charge in [0.2, 0.25) is 0 Å². The van der Waals surface area contributed by atoms with E-state index >= 15 is 0 Å². The van der Waals surface area contributed by atoms with E-state index in [4.69, 9.17) is 0 Å². The first-order valence-corrected chi connectivity index (χ1v) is 13.6. The summed E-state index contributed by atoms with van der Waals surface area (Å²) < 4.78 is 0. The lowest BCUT2D eigenvalue weighted by Gasteiger charge is -2.34. The van der Waals surface area contributed by atoms with E-state index in [0.717, 1.165) is 48.3 Å². The number of nitrogens with one attached hydrogen (secondary N) is 1. The smallest absolute Gasteiger partial charge is 0.262 e. The highest BCUT2D eigenvalue weighted by Crippen LogP contribution is 2.65. The fourth-order valence-corrected chi connectivity index (χ4v) is 8.09. The Balaban J connectivity index is 1.93. The van der Waals surface area contributed by atoms with Gasteiger partial charge in [0.05, 0.1) is 0 Å². The molecule has 1 saturated heterocycles. The van der Waals surface area contributed by atoms with Gasteiger partial charge in [0.25, 0.3) is 5.91 Å². The van der Waals surface area contributed by atoms with Crippen molar-refractivity contribution in [3.8, 4) is 6.07 Å². The van der Waals surface area contributed by atoms with Gasteiger partial charge in [-0.05, 0) is 48.7 Å². The third kappa shape index (κ3) is 4.70. The maximum Gasteiger partial charge on any atom is 0.262 e. The van der Waals surface area contributed by atoms with Gasteiger partial charge >= 0.3 is 0 Å². The van der Waals surface area contributed by atoms with Crippen LogP contribution in [0.4, 0.5) is 0 Å². The molecule has 1 aliphatic heterocycles. The lowest BCUT2D eigenvalue weighted by molar-refractivity contribution is -0.117. The maximum atomic E-state index is 13.5. The van der Waals surface area contributed by atoms with E-state index in [1.165, 1.54) is 5.30 Å². The van der Waals surface area contributed by atoms with E-state index in [0.29, 0.717) is 6.54 Å². The normalized spacial score (nSPS) is 18.2. The van der Waals surface area contributed by atoms with Gasteiger partial charge in [-0.2, -0.15) is 5.26 Å². The molecule has 1 N–H and O–H groups in total. The highest BCUT2D eigenvalue weighted by Gasteiger charge is 2.49. The summed E-state index contributed by atoms with van der Waals surface area (Å²) in [5.41, 5.74) is 2.07. The van der Waals surface area contributed by atoms with Crippen LogP contribution >= 0.6 is 7.92 Å². The molecule has 1 unspecified atom stereocenters. The Hall–Kier alpha value is -3.21. The first-order valence-electron chi connectivity index (χ1n) is 12.1. The van der Waals surface area contributed by atoms with Crippen molar-refractivity contribution >= 4 is 19.1 Å². The van der Waals surface area contributed by atoms with E-state index < -0.39 is 13.3 Å². The molecule has 3 nitrogen and oxygen atoms in total. The molecule has 1 fully saturated rings. The Morgan fingerprint density at radius 1 is 0.912 bits per heavy atom. The van der Waals surface area contributed by atoms with Gasteiger partial charge in [-0.15, -0.1) is 0 Å². The number of carbonyl (C=O) groups excluding carboxylic acids is 1. The molecule has 1 amide bonds. The molecule has 3 aromatic rings. The van der Waals surface area contributed by atoms with E-state index in [-0.39, 0.29) is 11.5 Å². The van der Waals surface area contributed by atoms with Crippen LogP contribution in [0.5, 0.6) is 0 Å². The molecule has 172 valence electrons. The number of unbranched alkanes of at least 4 members (excludes halogenated alkanes) is 2. The molecule has 0 radical (unpaired) electrons. The van der Waals surface area contributed by atoms with Crippen molar-refractivity contribution in [3.63, 3.8) is 0 Å². The van der Waals surface area contributed by atoms with Gasteiger partial charge in [0, 0.05) is 12.0 Å². The van der Waals surface area contributed by atoms with Crippen LogP contribution in [-0.2, 0) is 10.2 Å². The second kappa shape index (κ2) is 11.3. The topological polar surface area (TPSA) is 52.9 Å². The fourth-order valence-electron chi connectivity index (χ4n) is 5.01. The van der Waals surface area contributed by atoms with Gasteiger partial charge in [-0.1, -0.05) is 111 Å². The van der Waals surface area contributed by atoms with Crippen molar-refractivity contribution in [1.82, 2.24) is 5.32 Å². The Bertz CT molecular complexity index is 1130. The third-order valence-corrected chi connectivity index (χ3v) is 9.36. The number of rotatable bonds is 8. The summed E-state index contributed by atoms with van der Waals surface area (Å²) in [6.45, 7) is 2.74. The van der Waals surface area contributed by atoms with Crippen LogP contribution in [-0.4, -0.2) is 18.6 Å². The average molecular weight is 467 g/mol. The quantitative estimate of drug-likeness (QED) is 0.184. The van der Waals surface area contributed by atoms with E-state index in [1.54, 1.807) is 0 Å². The van der Waals surface area contributed by atoms with Crippen LogP contribution in [0.1, 0.15) is 43.7 Å². The molecule has 0 aliphatic carbocycles. The zero-order chi connectivity index (χ0) is 23.8. The summed E-state index contributed by atoms with van der Waals surface area (Å²) >= 11 is 0. The second-order valence-corrected chi connectivity index (χ2v) is 10.9. The predicted molar refractivity (Wildman–Crippen MR) is 141 cm³/mol.